The van der Waals surface area contributed by atoms with Crippen molar-refractivity contribution in [3.05, 3.63) is 63.7 Å². The number of hydrogen-bond donors (Lipinski definition) is 0. The number of benzene rings is 2. The van der Waals surface area contributed by atoms with Crippen LogP contribution in [0.15, 0.2) is 30.3 Å². The summed E-state index contributed by atoms with van der Waals surface area (Å²) in [6.07, 6.45) is -6.10. The molecule has 2 aromatic carbocycles. The zero-order valence-corrected chi connectivity index (χ0v) is 28.3. The number of tetrazole rings is 1. The number of alkyl halides is 6. The summed E-state index contributed by atoms with van der Waals surface area (Å²) in [5.74, 6) is -1.08. The number of carbonyl (C=O) groups is 1. The van der Waals surface area contributed by atoms with Gasteiger partial charge in [0.25, 0.3) is 5.95 Å². The van der Waals surface area contributed by atoms with Gasteiger partial charge in [-0.05, 0) is 104 Å². The van der Waals surface area contributed by atoms with E-state index in [2.05, 4.69) is 26.4 Å². The predicted octanol–water partition coefficient (Wildman–Crippen LogP) is 2.77. The third-order valence-electron chi connectivity index (χ3n) is 8.85. The molecule has 1 aliphatic carbocycles. The first-order chi connectivity index (χ1) is 21.1. The van der Waals surface area contributed by atoms with E-state index in [4.69, 9.17) is 0 Å². The van der Waals surface area contributed by atoms with Crippen LogP contribution in [0.1, 0.15) is 77.9 Å². The molecule has 8 nitrogen and oxygen atoms in total. The maximum atomic E-state index is 13.7. The Kier molecular flexibility index (Phi) is 11.0. The molecule has 2 heterocycles. The topological polar surface area (TPSA) is 90.2 Å². The van der Waals surface area contributed by atoms with E-state index >= 15 is 0 Å². The normalized spacial score (nSPS) is 20.5. The molecule has 0 unspecified atom stereocenters. The number of fused-ring (bicyclic) bond motifs is 1. The minimum atomic E-state index is -4.98. The molecule has 3 aromatic rings. The summed E-state index contributed by atoms with van der Waals surface area (Å²) in [5, 5.41) is 23.7. The first kappa shape index (κ1) is 36.0. The van der Waals surface area contributed by atoms with Crippen LogP contribution in [0, 0.1) is 25.7 Å². The van der Waals surface area contributed by atoms with Gasteiger partial charge >= 0.3 is 41.9 Å². The third kappa shape index (κ3) is 8.17. The van der Waals surface area contributed by atoms with Crippen molar-refractivity contribution in [2.75, 3.05) is 22.9 Å². The second-order valence-corrected chi connectivity index (χ2v) is 12.3. The van der Waals surface area contributed by atoms with Crippen LogP contribution in [0.4, 0.5) is 38.0 Å². The maximum absolute atomic E-state index is 13.7. The van der Waals surface area contributed by atoms with Crippen LogP contribution >= 0.6 is 0 Å². The van der Waals surface area contributed by atoms with Crippen molar-refractivity contribution in [3.8, 4) is 0 Å². The minimum absolute atomic E-state index is 0. The number of halogens is 6. The van der Waals surface area contributed by atoms with E-state index in [1.807, 2.05) is 19.9 Å². The summed E-state index contributed by atoms with van der Waals surface area (Å²) >= 11 is 0. The molecule has 1 aliphatic heterocycles. The van der Waals surface area contributed by atoms with E-state index in [9.17, 15) is 36.2 Å². The molecular weight excluding hydrogens is 625 g/mol. The van der Waals surface area contributed by atoms with Crippen LogP contribution in [0.5, 0.6) is 0 Å². The van der Waals surface area contributed by atoms with Crippen molar-refractivity contribution in [3.63, 3.8) is 0 Å². The molecule has 46 heavy (non-hydrogen) atoms. The number of anilines is 2. The number of hydrogen-bond acceptors (Lipinski definition) is 7. The Hall–Kier alpha value is -2.84. The molecule has 244 valence electrons. The smallest absolute Gasteiger partial charge is 0.550 e. The summed E-state index contributed by atoms with van der Waals surface area (Å²) in [7, 11) is 1.53. The molecule has 0 bridgehead atoms. The number of carboxylic acid groups (broad SMARTS) is 1. The number of aromatic nitrogens is 4. The number of carboxylic acids is 1. The van der Waals surface area contributed by atoms with Gasteiger partial charge in [0.2, 0.25) is 0 Å². The van der Waals surface area contributed by atoms with Crippen molar-refractivity contribution in [2.24, 2.45) is 18.9 Å². The number of nitrogens with zero attached hydrogens (tertiary/aromatic N) is 6. The van der Waals surface area contributed by atoms with E-state index in [0.717, 1.165) is 47.4 Å². The zero-order chi connectivity index (χ0) is 32.7. The molecule has 0 radical (unpaired) electrons. The first-order valence-electron chi connectivity index (χ1n) is 15.0. The summed E-state index contributed by atoms with van der Waals surface area (Å²) in [6.45, 7) is 4.99. The van der Waals surface area contributed by atoms with Crippen LogP contribution in [0.25, 0.3) is 0 Å². The molecule has 5 rings (SSSR count). The Bertz CT molecular complexity index is 1500. The SMILES string of the molecule is Cc1cc(C)c2c(c1)[C@@H](N(Cc1cc(C(F)(F)F)cc(C(F)(F)F)c1)c1nnn(C)n1)CCCN2C[C@H]1CC[C@H](C(=O)[O-])CC1.[Na+]. The van der Waals surface area contributed by atoms with Gasteiger partial charge < -0.3 is 19.7 Å². The van der Waals surface area contributed by atoms with E-state index in [0.29, 0.717) is 38.8 Å². The average Bonchev–Trinajstić information content (AvgIpc) is 3.30. The van der Waals surface area contributed by atoms with Crippen LogP contribution in [-0.4, -0.2) is 39.3 Å². The van der Waals surface area contributed by atoms with Crippen molar-refractivity contribution >= 4 is 17.6 Å². The largest absolute Gasteiger partial charge is 1.00 e. The predicted molar refractivity (Wildman–Crippen MR) is 152 cm³/mol. The van der Waals surface area contributed by atoms with E-state index in [-0.39, 0.29) is 59.6 Å². The molecule has 0 N–H and O–H groups in total. The van der Waals surface area contributed by atoms with E-state index in [1.54, 1.807) is 4.90 Å². The van der Waals surface area contributed by atoms with Gasteiger partial charge in [0, 0.05) is 31.3 Å². The Balaban J connectivity index is 0.00000480. The molecule has 15 heteroatoms. The molecule has 0 amide bonds. The first-order valence-corrected chi connectivity index (χ1v) is 15.0. The van der Waals surface area contributed by atoms with Gasteiger partial charge in [-0.2, -0.15) is 31.1 Å². The minimum Gasteiger partial charge on any atom is -0.550 e. The number of rotatable bonds is 7. The Morgan fingerprint density at radius 1 is 0.957 bits per heavy atom. The van der Waals surface area contributed by atoms with Crippen molar-refractivity contribution in [1.82, 2.24) is 20.2 Å². The monoisotopic (exact) mass is 660 g/mol. The number of carbonyl (C=O) groups excluding carboxylic acids is 1. The van der Waals surface area contributed by atoms with Crippen molar-refractivity contribution < 1.29 is 65.8 Å². The Labute approximate surface area is 285 Å². The molecule has 1 aromatic heterocycles. The van der Waals surface area contributed by atoms with Gasteiger partial charge in [0.1, 0.15) is 0 Å². The van der Waals surface area contributed by atoms with Gasteiger partial charge in [0.05, 0.1) is 24.2 Å². The molecular formula is C31H35F6N6NaO2. The third-order valence-corrected chi connectivity index (χ3v) is 8.85. The summed E-state index contributed by atoms with van der Waals surface area (Å²) < 4.78 is 82.4. The summed E-state index contributed by atoms with van der Waals surface area (Å²) in [5.41, 5.74) is 0.840. The van der Waals surface area contributed by atoms with Crippen molar-refractivity contribution in [1.29, 1.82) is 0 Å². The van der Waals surface area contributed by atoms with E-state index < -0.39 is 41.4 Å². The molecule has 0 spiro atoms. The summed E-state index contributed by atoms with van der Waals surface area (Å²) in [6, 6.07) is 5.19. The Morgan fingerprint density at radius 3 is 2.13 bits per heavy atom. The number of aliphatic carboxylic acids is 1. The quantitative estimate of drug-likeness (QED) is 0.285. The average molecular weight is 661 g/mol. The Morgan fingerprint density at radius 2 is 1.59 bits per heavy atom. The fraction of sp³-hybridized carbons (Fsp3) is 0.548. The second-order valence-electron chi connectivity index (χ2n) is 12.3. The van der Waals surface area contributed by atoms with Gasteiger partial charge in [-0.3, -0.25) is 0 Å². The van der Waals surface area contributed by atoms with Crippen LogP contribution in [-0.2, 0) is 30.7 Å². The molecule has 2 aliphatic rings. The van der Waals surface area contributed by atoms with Gasteiger partial charge in [-0.1, -0.05) is 22.8 Å². The fourth-order valence-corrected chi connectivity index (χ4v) is 6.84. The van der Waals surface area contributed by atoms with Gasteiger partial charge in [-0.15, -0.1) is 5.10 Å². The van der Waals surface area contributed by atoms with Gasteiger partial charge in [0.15, 0.2) is 0 Å². The molecule has 0 saturated heterocycles. The van der Waals surface area contributed by atoms with Crippen LogP contribution < -0.4 is 44.5 Å². The second kappa shape index (κ2) is 14.1. The maximum Gasteiger partial charge on any atom is 1.00 e. The van der Waals surface area contributed by atoms with E-state index in [1.165, 1.54) is 11.8 Å². The van der Waals surface area contributed by atoms with Crippen LogP contribution in [0.3, 0.4) is 0 Å². The fourth-order valence-electron chi connectivity index (χ4n) is 6.84. The summed E-state index contributed by atoms with van der Waals surface area (Å²) in [4.78, 5) is 16.5. The standard InChI is InChI=1S/C31H36F6N6O2.Na/c1-18-11-19(2)27-25(12-18)26(5-4-10-42(27)16-20-6-8-22(9-7-20)28(44)45)43(29-38-40-41(3)39-29)17-21-13-23(30(32,33)34)15-24(14-21)31(35,36)37;/h11-15,20,22,26H,4-10,16-17H2,1-3H3,(H,44,45);/q;+1/p-1/t20-,22-,26-;/m0./s1. The molecule has 1 saturated carbocycles. The van der Waals surface area contributed by atoms with Crippen molar-refractivity contribution in [2.45, 2.75) is 77.3 Å². The van der Waals surface area contributed by atoms with Crippen LogP contribution in [0.2, 0.25) is 0 Å². The molecule has 1 fully saturated rings. The zero-order valence-electron chi connectivity index (χ0n) is 26.3. The van der Waals surface area contributed by atoms with Gasteiger partial charge in [-0.25, -0.2) is 0 Å². The molecule has 1 atom stereocenters. The number of aryl methyl sites for hydroxylation is 3.